The summed E-state index contributed by atoms with van der Waals surface area (Å²) >= 11 is 1.94. The van der Waals surface area contributed by atoms with Crippen molar-refractivity contribution in [3.63, 3.8) is 0 Å². The fourth-order valence-corrected chi connectivity index (χ4v) is 4.87. The van der Waals surface area contributed by atoms with Gasteiger partial charge in [-0.3, -0.25) is 4.99 Å². The highest BCUT2D eigenvalue weighted by molar-refractivity contribution is 7.12. The van der Waals surface area contributed by atoms with Gasteiger partial charge in [0.05, 0.1) is 12.4 Å². The van der Waals surface area contributed by atoms with E-state index >= 15 is 0 Å². The maximum absolute atomic E-state index is 5.60. The van der Waals surface area contributed by atoms with Crippen molar-refractivity contribution >= 4 is 23.5 Å². The molecule has 128 valence electrons. The zero-order valence-electron chi connectivity index (χ0n) is 14.9. The lowest BCUT2D eigenvalue weighted by atomic mass is 9.93. The number of hydrogen-bond donors (Lipinski definition) is 1. The van der Waals surface area contributed by atoms with Gasteiger partial charge in [0.25, 0.3) is 0 Å². The molecule has 0 unspecified atom stereocenters. The Balaban J connectivity index is 0.000000924. The van der Waals surface area contributed by atoms with Gasteiger partial charge in [0, 0.05) is 15.3 Å². The number of aliphatic imine (C=N–C) groups is 2. The summed E-state index contributed by atoms with van der Waals surface area (Å²) in [6, 6.07) is 0.441. The zero-order valence-corrected chi connectivity index (χ0v) is 15.7. The number of fused-ring (bicyclic) bond motifs is 1. The van der Waals surface area contributed by atoms with E-state index in [9.17, 15) is 0 Å². The lowest BCUT2D eigenvalue weighted by Gasteiger charge is -2.19. The van der Waals surface area contributed by atoms with Gasteiger partial charge >= 0.3 is 0 Å². The Morgan fingerprint density at radius 2 is 1.78 bits per heavy atom. The van der Waals surface area contributed by atoms with Crippen molar-refractivity contribution < 1.29 is 0 Å². The average molecular weight is 334 g/mol. The molecule has 2 aliphatic rings. The summed E-state index contributed by atoms with van der Waals surface area (Å²) in [4.78, 5) is 12.3. The Morgan fingerprint density at radius 1 is 1.09 bits per heavy atom. The summed E-state index contributed by atoms with van der Waals surface area (Å²) in [5.74, 6) is 0.890. The molecule has 3 nitrogen and oxygen atoms in total. The molecule has 4 heteroatoms. The number of rotatable bonds is 2. The van der Waals surface area contributed by atoms with E-state index in [0.717, 1.165) is 5.84 Å². The van der Waals surface area contributed by atoms with Crippen molar-refractivity contribution in [1.82, 2.24) is 0 Å². The standard InChI is InChI=1S/C17H25N3S.C2H6/c1-12-16(14-9-5-6-10-15(14)21-12)17(19-11-18)20-13-7-3-2-4-8-13;1-2/h11,13H,2-10H2,1H3,(H2,18,19,20);1-2H3. The topological polar surface area (TPSA) is 50.7 Å². The van der Waals surface area contributed by atoms with Gasteiger partial charge in [-0.15, -0.1) is 11.3 Å². The molecular formula is C19H31N3S. The third kappa shape index (κ3) is 4.43. The smallest absolute Gasteiger partial charge is 0.157 e. The average Bonchev–Trinajstić information content (AvgIpc) is 2.93. The Kier molecular flexibility index (Phi) is 7.28. The van der Waals surface area contributed by atoms with Gasteiger partial charge in [0.15, 0.2) is 5.84 Å². The molecule has 0 atom stereocenters. The normalized spacial score (nSPS) is 19.3. The summed E-state index contributed by atoms with van der Waals surface area (Å²) in [7, 11) is 0. The highest BCUT2D eigenvalue weighted by atomic mass is 32.1. The van der Waals surface area contributed by atoms with Crippen LogP contribution < -0.4 is 5.73 Å². The number of nitrogens with two attached hydrogens (primary N) is 1. The van der Waals surface area contributed by atoms with E-state index in [0.29, 0.717) is 6.04 Å². The van der Waals surface area contributed by atoms with Gasteiger partial charge in [0.2, 0.25) is 0 Å². The number of nitrogens with zero attached hydrogens (tertiary/aromatic N) is 2. The van der Waals surface area contributed by atoms with Crippen LogP contribution in [0.3, 0.4) is 0 Å². The molecule has 1 aromatic heterocycles. The second kappa shape index (κ2) is 9.21. The molecule has 1 fully saturated rings. The van der Waals surface area contributed by atoms with E-state index in [4.69, 9.17) is 10.7 Å². The van der Waals surface area contributed by atoms with Gasteiger partial charge in [-0.2, -0.15) is 0 Å². The molecule has 0 aromatic carbocycles. The summed E-state index contributed by atoms with van der Waals surface area (Å²) in [6.45, 7) is 6.21. The molecule has 0 saturated heterocycles. The molecule has 23 heavy (non-hydrogen) atoms. The fraction of sp³-hybridized carbons (Fsp3) is 0.684. The second-order valence-electron chi connectivity index (χ2n) is 6.16. The van der Waals surface area contributed by atoms with Crippen molar-refractivity contribution in [3.05, 3.63) is 20.9 Å². The lowest BCUT2D eigenvalue weighted by molar-refractivity contribution is 0.443. The molecule has 2 N–H and O–H groups in total. The van der Waals surface area contributed by atoms with Crippen LogP contribution in [0.2, 0.25) is 0 Å². The first-order valence-electron chi connectivity index (χ1n) is 9.23. The summed E-state index contributed by atoms with van der Waals surface area (Å²) < 4.78 is 0. The quantitative estimate of drug-likeness (QED) is 0.599. The predicted octanol–water partition coefficient (Wildman–Crippen LogP) is 5.03. The first-order valence-corrected chi connectivity index (χ1v) is 10.0. The maximum atomic E-state index is 5.60. The molecule has 0 spiro atoms. The summed E-state index contributed by atoms with van der Waals surface area (Å²) in [5, 5.41) is 0. The molecule has 1 heterocycles. The Bertz CT molecular complexity index is 551. The SMILES string of the molecule is CC.Cc1sc2c(c1C(N=CN)=NC1CCCCC1)CCCC2. The van der Waals surface area contributed by atoms with Crippen molar-refractivity contribution in [2.75, 3.05) is 0 Å². The third-order valence-corrected chi connectivity index (χ3v) is 5.85. The number of amidine groups is 1. The summed E-state index contributed by atoms with van der Waals surface area (Å²) in [6.07, 6.45) is 12.8. The minimum Gasteiger partial charge on any atom is -0.390 e. The number of aryl methyl sites for hydroxylation is 2. The Hall–Kier alpha value is -1.16. The van der Waals surface area contributed by atoms with Gasteiger partial charge in [-0.05, 0) is 51.0 Å². The van der Waals surface area contributed by atoms with E-state index in [2.05, 4.69) is 11.9 Å². The van der Waals surface area contributed by atoms with Crippen LogP contribution >= 0.6 is 11.3 Å². The van der Waals surface area contributed by atoms with Gasteiger partial charge in [0.1, 0.15) is 0 Å². The van der Waals surface area contributed by atoms with Gasteiger partial charge in [-0.1, -0.05) is 33.1 Å². The second-order valence-corrected chi connectivity index (χ2v) is 7.47. The van der Waals surface area contributed by atoms with Crippen LogP contribution in [0.15, 0.2) is 9.98 Å². The van der Waals surface area contributed by atoms with E-state index in [1.807, 2.05) is 25.2 Å². The molecule has 1 saturated carbocycles. The first kappa shape index (κ1) is 18.2. The molecule has 0 radical (unpaired) electrons. The van der Waals surface area contributed by atoms with Crippen LogP contribution in [0.5, 0.6) is 0 Å². The molecule has 0 bridgehead atoms. The highest BCUT2D eigenvalue weighted by Crippen LogP contribution is 2.35. The predicted molar refractivity (Wildman–Crippen MR) is 103 cm³/mol. The van der Waals surface area contributed by atoms with Gasteiger partial charge < -0.3 is 5.73 Å². The third-order valence-electron chi connectivity index (χ3n) is 4.65. The number of hydrogen-bond acceptors (Lipinski definition) is 2. The van der Waals surface area contributed by atoms with Crippen LogP contribution in [0.25, 0.3) is 0 Å². The van der Waals surface area contributed by atoms with Crippen molar-refractivity contribution in [3.8, 4) is 0 Å². The lowest BCUT2D eigenvalue weighted by Crippen LogP contribution is -2.15. The maximum Gasteiger partial charge on any atom is 0.157 e. The largest absolute Gasteiger partial charge is 0.390 e. The molecule has 0 amide bonds. The van der Waals surface area contributed by atoms with Crippen molar-refractivity contribution in [2.24, 2.45) is 15.7 Å². The highest BCUT2D eigenvalue weighted by Gasteiger charge is 2.23. The minimum absolute atomic E-state index is 0.441. The Labute approximate surface area is 145 Å². The van der Waals surface area contributed by atoms with E-state index < -0.39 is 0 Å². The summed E-state index contributed by atoms with van der Waals surface area (Å²) in [5.41, 5.74) is 8.39. The van der Waals surface area contributed by atoms with Gasteiger partial charge in [-0.25, -0.2) is 4.99 Å². The molecule has 3 rings (SSSR count). The molecule has 0 aliphatic heterocycles. The molecule has 1 aromatic rings. The van der Waals surface area contributed by atoms with Crippen LogP contribution in [-0.2, 0) is 12.8 Å². The van der Waals surface area contributed by atoms with E-state index in [1.54, 1.807) is 4.88 Å². The first-order chi connectivity index (χ1) is 11.3. The zero-order chi connectivity index (χ0) is 16.7. The minimum atomic E-state index is 0.441. The Morgan fingerprint density at radius 3 is 2.48 bits per heavy atom. The number of thiophene rings is 1. The molecular weight excluding hydrogens is 302 g/mol. The van der Waals surface area contributed by atoms with Crippen LogP contribution in [0.4, 0.5) is 0 Å². The monoisotopic (exact) mass is 333 g/mol. The van der Waals surface area contributed by atoms with E-state index in [-0.39, 0.29) is 0 Å². The van der Waals surface area contributed by atoms with Crippen molar-refractivity contribution in [2.45, 2.75) is 84.6 Å². The fourth-order valence-electron chi connectivity index (χ4n) is 3.61. The van der Waals surface area contributed by atoms with Crippen LogP contribution in [0, 0.1) is 6.92 Å². The van der Waals surface area contributed by atoms with E-state index in [1.165, 1.54) is 80.1 Å². The molecule has 2 aliphatic carbocycles. The van der Waals surface area contributed by atoms with Crippen molar-refractivity contribution in [1.29, 1.82) is 0 Å². The van der Waals surface area contributed by atoms with Crippen LogP contribution in [-0.4, -0.2) is 18.2 Å². The van der Waals surface area contributed by atoms with Crippen LogP contribution in [0.1, 0.15) is 79.7 Å².